The van der Waals surface area contributed by atoms with Crippen LogP contribution in [0, 0.1) is 17.8 Å². The van der Waals surface area contributed by atoms with Crippen molar-refractivity contribution < 1.29 is 4.79 Å². The van der Waals surface area contributed by atoms with E-state index in [9.17, 15) is 4.79 Å². The summed E-state index contributed by atoms with van der Waals surface area (Å²) in [4.78, 5) is 11.5. The highest BCUT2D eigenvalue weighted by Gasteiger charge is 2.58. The Kier molecular flexibility index (Phi) is 4.63. The van der Waals surface area contributed by atoms with E-state index in [0.29, 0.717) is 11.8 Å². The number of carbonyl (C=O) groups is 1. The fraction of sp³-hybridized carbons (Fsp3) is 0.833. The average molecular weight is 293 g/mol. The lowest BCUT2D eigenvalue weighted by Gasteiger charge is -2.52. The fourth-order valence-electron chi connectivity index (χ4n) is 6.19. The van der Waals surface area contributed by atoms with E-state index >= 15 is 0 Å². The van der Waals surface area contributed by atoms with Gasteiger partial charge in [-0.15, -0.1) is 0 Å². The second kappa shape index (κ2) is 5.79. The van der Waals surface area contributed by atoms with Gasteiger partial charge in [0.2, 0.25) is 0 Å². The molecule has 1 fully saturated rings. The maximum absolute atomic E-state index is 11.5. The summed E-state index contributed by atoms with van der Waals surface area (Å²) in [5, 5.41) is 0. The predicted molar refractivity (Wildman–Crippen MR) is 89.7 cm³/mol. The van der Waals surface area contributed by atoms with Crippen LogP contribution in [-0.4, -0.2) is 14.4 Å². The Bertz CT molecular complexity index is 361. The SMILES string of the molecule is CC(C)[Si](C(C)C)(C(C)C)[C@@H]1[C@@H]2CC=C[C@H]1[C@H](C=O)C2. The second-order valence-corrected chi connectivity index (χ2v) is 14.2. The van der Waals surface area contributed by atoms with Gasteiger partial charge >= 0.3 is 0 Å². The topological polar surface area (TPSA) is 17.1 Å². The standard InChI is InChI=1S/C18H32OSi/c1-12(2)20(13(3)4,14(5)6)18-15-8-7-9-17(18)16(10-15)11-19/h7,9,11-18H,8,10H2,1-6H3/t15-,16+,17+,18-/m1/s1. The van der Waals surface area contributed by atoms with Gasteiger partial charge in [0.25, 0.3) is 0 Å². The first kappa shape index (κ1) is 16.0. The highest BCUT2D eigenvalue weighted by molar-refractivity contribution is 6.85. The van der Waals surface area contributed by atoms with Crippen LogP contribution in [0.3, 0.4) is 0 Å². The number of allylic oxidation sites excluding steroid dienone is 2. The molecule has 0 radical (unpaired) electrons. The number of hydrogen-bond acceptors (Lipinski definition) is 1. The fourth-order valence-corrected chi connectivity index (χ4v) is 14.6. The summed E-state index contributed by atoms with van der Waals surface area (Å²) in [5.74, 6) is 1.62. The second-order valence-electron chi connectivity index (χ2n) is 8.03. The molecule has 0 aliphatic heterocycles. The molecular weight excluding hydrogens is 260 g/mol. The Labute approximate surface area is 126 Å². The molecular formula is C18H32OSi. The van der Waals surface area contributed by atoms with Crippen molar-refractivity contribution in [2.24, 2.45) is 17.8 Å². The predicted octanol–water partition coefficient (Wildman–Crippen LogP) is 5.45. The highest BCUT2D eigenvalue weighted by atomic mass is 28.3. The van der Waals surface area contributed by atoms with Gasteiger partial charge in [0.05, 0.1) is 8.07 Å². The molecule has 0 unspecified atom stereocenters. The van der Waals surface area contributed by atoms with Gasteiger partial charge in [0.15, 0.2) is 0 Å². The summed E-state index contributed by atoms with van der Waals surface area (Å²) < 4.78 is 0. The van der Waals surface area contributed by atoms with Crippen LogP contribution in [0.4, 0.5) is 0 Å². The average Bonchev–Trinajstić information content (AvgIpc) is 2.56. The summed E-state index contributed by atoms with van der Waals surface area (Å²) in [7, 11) is -1.46. The Morgan fingerprint density at radius 1 is 1.05 bits per heavy atom. The van der Waals surface area contributed by atoms with E-state index < -0.39 is 8.07 Å². The molecule has 0 aromatic rings. The van der Waals surface area contributed by atoms with E-state index in [2.05, 4.69) is 53.7 Å². The van der Waals surface area contributed by atoms with Crippen molar-refractivity contribution in [2.45, 2.75) is 76.5 Å². The van der Waals surface area contributed by atoms with E-state index in [1.807, 2.05) is 0 Å². The first-order valence-electron chi connectivity index (χ1n) is 8.49. The molecule has 0 N–H and O–H groups in total. The minimum Gasteiger partial charge on any atom is -0.303 e. The third-order valence-electron chi connectivity index (χ3n) is 6.54. The summed E-state index contributed by atoms with van der Waals surface area (Å²) in [6, 6.07) is 0. The molecule has 0 aromatic carbocycles. The first-order valence-corrected chi connectivity index (χ1v) is 10.8. The quantitative estimate of drug-likeness (QED) is 0.374. The van der Waals surface area contributed by atoms with Crippen LogP contribution >= 0.6 is 0 Å². The van der Waals surface area contributed by atoms with Crippen molar-refractivity contribution in [1.29, 1.82) is 0 Å². The van der Waals surface area contributed by atoms with Crippen LogP contribution in [0.5, 0.6) is 0 Å². The zero-order chi connectivity index (χ0) is 15.1. The summed E-state index contributed by atoms with van der Waals surface area (Å²) in [6.07, 6.45) is 8.38. The summed E-state index contributed by atoms with van der Waals surface area (Å²) in [6.45, 7) is 14.7. The van der Waals surface area contributed by atoms with Crippen molar-refractivity contribution in [3.8, 4) is 0 Å². The molecule has 4 atom stereocenters. The van der Waals surface area contributed by atoms with Crippen molar-refractivity contribution in [3.63, 3.8) is 0 Å². The zero-order valence-electron chi connectivity index (χ0n) is 14.1. The van der Waals surface area contributed by atoms with Crippen LogP contribution in [0.15, 0.2) is 12.2 Å². The lowest BCUT2D eigenvalue weighted by molar-refractivity contribution is -0.111. The third kappa shape index (κ3) is 2.15. The van der Waals surface area contributed by atoms with Gasteiger partial charge in [-0.3, -0.25) is 0 Å². The van der Waals surface area contributed by atoms with Crippen molar-refractivity contribution in [1.82, 2.24) is 0 Å². The number of hydrogen-bond donors (Lipinski definition) is 0. The highest BCUT2D eigenvalue weighted by Crippen LogP contribution is 2.62. The molecule has 20 heavy (non-hydrogen) atoms. The van der Waals surface area contributed by atoms with E-state index in [1.54, 1.807) is 0 Å². The van der Waals surface area contributed by atoms with Gasteiger partial charge in [-0.2, -0.15) is 0 Å². The Morgan fingerprint density at radius 3 is 2.05 bits per heavy atom. The number of rotatable bonds is 5. The van der Waals surface area contributed by atoms with Crippen LogP contribution in [0.25, 0.3) is 0 Å². The van der Waals surface area contributed by atoms with Gasteiger partial charge in [-0.25, -0.2) is 0 Å². The Morgan fingerprint density at radius 2 is 1.60 bits per heavy atom. The Balaban J connectivity index is 2.50. The molecule has 0 saturated heterocycles. The van der Waals surface area contributed by atoms with Gasteiger partial charge in [0, 0.05) is 5.92 Å². The van der Waals surface area contributed by atoms with Gasteiger partial charge < -0.3 is 4.79 Å². The lowest BCUT2D eigenvalue weighted by atomic mass is 9.93. The molecule has 0 heterocycles. The normalized spacial score (nSPS) is 33.5. The summed E-state index contributed by atoms with van der Waals surface area (Å²) in [5.41, 5.74) is 3.22. The lowest BCUT2D eigenvalue weighted by Crippen LogP contribution is -2.52. The monoisotopic (exact) mass is 292 g/mol. The largest absolute Gasteiger partial charge is 0.303 e. The van der Waals surface area contributed by atoms with Gasteiger partial charge in [0.1, 0.15) is 6.29 Å². The van der Waals surface area contributed by atoms with Crippen molar-refractivity contribution in [2.75, 3.05) is 0 Å². The molecule has 0 aromatic heterocycles. The molecule has 114 valence electrons. The van der Waals surface area contributed by atoms with Gasteiger partial charge in [-0.05, 0) is 30.2 Å². The molecule has 2 heteroatoms. The first-order chi connectivity index (χ1) is 9.37. The number of carbonyl (C=O) groups excluding carboxylic acids is 1. The van der Waals surface area contributed by atoms with Crippen LogP contribution in [0.2, 0.25) is 22.2 Å². The number of fused-ring (bicyclic) bond motifs is 2. The maximum atomic E-state index is 11.5. The van der Waals surface area contributed by atoms with E-state index in [4.69, 9.17) is 0 Å². The Hall–Kier alpha value is -0.373. The van der Waals surface area contributed by atoms with Crippen LogP contribution < -0.4 is 0 Å². The molecule has 2 aliphatic rings. The molecule has 2 rings (SSSR count). The maximum Gasteiger partial charge on any atom is 0.123 e. The zero-order valence-corrected chi connectivity index (χ0v) is 15.1. The van der Waals surface area contributed by atoms with E-state index in [-0.39, 0.29) is 0 Å². The summed E-state index contributed by atoms with van der Waals surface area (Å²) >= 11 is 0. The van der Waals surface area contributed by atoms with Crippen LogP contribution in [0.1, 0.15) is 54.4 Å². The molecule has 1 nitrogen and oxygen atoms in total. The van der Waals surface area contributed by atoms with Crippen molar-refractivity contribution in [3.05, 3.63) is 12.2 Å². The molecule has 1 saturated carbocycles. The molecule has 2 bridgehead atoms. The van der Waals surface area contributed by atoms with E-state index in [1.165, 1.54) is 12.7 Å². The molecule has 0 amide bonds. The van der Waals surface area contributed by atoms with Crippen LogP contribution in [-0.2, 0) is 4.79 Å². The van der Waals surface area contributed by atoms with E-state index in [0.717, 1.165) is 34.5 Å². The van der Waals surface area contributed by atoms with Crippen molar-refractivity contribution >= 4 is 14.4 Å². The van der Waals surface area contributed by atoms with Gasteiger partial charge in [-0.1, -0.05) is 70.3 Å². The minimum absolute atomic E-state index is 0.298. The smallest absolute Gasteiger partial charge is 0.123 e. The molecule has 2 aliphatic carbocycles. The minimum atomic E-state index is -1.46. The third-order valence-corrected chi connectivity index (χ3v) is 14.6. The number of aldehydes is 1. The molecule has 0 spiro atoms.